The van der Waals surface area contributed by atoms with Gasteiger partial charge in [-0.05, 0) is 22.8 Å². The number of nitrogens with one attached hydrogen (secondary N) is 1. The minimum atomic E-state index is -0.252. The average Bonchev–Trinajstić information content (AvgIpc) is 2.85. The van der Waals surface area contributed by atoms with Crippen molar-refractivity contribution in [3.8, 4) is 0 Å². The van der Waals surface area contributed by atoms with E-state index in [9.17, 15) is 9.59 Å². The summed E-state index contributed by atoms with van der Waals surface area (Å²) in [5.41, 5.74) is 3.67. The molecule has 3 aromatic carbocycles. The van der Waals surface area contributed by atoms with E-state index in [4.69, 9.17) is 0 Å². The van der Waals surface area contributed by atoms with Crippen LogP contribution >= 0.6 is 0 Å². The molecule has 0 aromatic heterocycles. The molecule has 5 heteroatoms. The average molecular weight is 440 g/mol. The Bertz CT molecular complexity index is 1050. The first kappa shape index (κ1) is 22.5. The Balaban J connectivity index is 1.51. The monoisotopic (exact) mass is 439 g/mol. The third kappa shape index (κ3) is 5.76. The Morgan fingerprint density at radius 1 is 0.758 bits per heavy atom. The number of rotatable bonds is 6. The summed E-state index contributed by atoms with van der Waals surface area (Å²) in [5.74, 6) is -0.401. The fourth-order valence-corrected chi connectivity index (χ4v) is 4.30. The molecule has 4 rings (SSSR count). The summed E-state index contributed by atoms with van der Waals surface area (Å²) >= 11 is 0. The topological polar surface area (TPSA) is 52.7 Å². The van der Waals surface area contributed by atoms with Crippen molar-refractivity contribution >= 4 is 17.9 Å². The molecule has 0 spiro atoms. The highest BCUT2D eigenvalue weighted by Gasteiger charge is 2.29. The third-order valence-electron chi connectivity index (χ3n) is 5.85. The van der Waals surface area contributed by atoms with Crippen LogP contribution in [0.1, 0.15) is 29.7 Å². The zero-order chi connectivity index (χ0) is 23.0. The molecule has 1 aliphatic rings. The molecule has 0 atom stereocenters. The Hall–Kier alpha value is -3.70. The smallest absolute Gasteiger partial charge is 0.270 e. The molecule has 33 heavy (non-hydrogen) atoms. The van der Waals surface area contributed by atoms with Gasteiger partial charge in [0.05, 0.1) is 6.04 Å². The lowest BCUT2D eigenvalue weighted by Crippen LogP contribution is -2.51. The number of carbonyl (C=O) groups is 2. The van der Waals surface area contributed by atoms with Gasteiger partial charge in [-0.15, -0.1) is 0 Å². The molecule has 1 aliphatic heterocycles. The highest BCUT2D eigenvalue weighted by atomic mass is 16.2. The van der Waals surface area contributed by atoms with Gasteiger partial charge in [-0.3, -0.25) is 14.5 Å². The highest BCUT2D eigenvalue weighted by Crippen LogP contribution is 2.29. The van der Waals surface area contributed by atoms with Crippen molar-refractivity contribution in [3.63, 3.8) is 0 Å². The van der Waals surface area contributed by atoms with E-state index in [-0.39, 0.29) is 17.9 Å². The molecule has 5 nitrogen and oxygen atoms in total. The lowest BCUT2D eigenvalue weighted by Gasteiger charge is -2.40. The van der Waals surface area contributed by atoms with Crippen LogP contribution in [0.3, 0.4) is 0 Å². The molecule has 1 saturated heterocycles. The van der Waals surface area contributed by atoms with E-state index in [1.165, 1.54) is 18.1 Å². The second-order valence-corrected chi connectivity index (χ2v) is 8.20. The Kier molecular flexibility index (Phi) is 7.33. The van der Waals surface area contributed by atoms with Crippen LogP contribution in [0.25, 0.3) is 6.08 Å². The van der Waals surface area contributed by atoms with Crippen LogP contribution in [-0.4, -0.2) is 47.8 Å². The van der Waals surface area contributed by atoms with Crippen LogP contribution < -0.4 is 5.32 Å². The molecule has 1 N–H and O–H groups in total. The summed E-state index contributed by atoms with van der Waals surface area (Å²) < 4.78 is 0. The van der Waals surface area contributed by atoms with Crippen molar-refractivity contribution in [2.75, 3.05) is 26.2 Å². The number of nitrogens with zero attached hydrogens (tertiary/aromatic N) is 2. The molecular weight excluding hydrogens is 410 g/mol. The maximum absolute atomic E-state index is 13.3. The van der Waals surface area contributed by atoms with E-state index in [0.717, 1.165) is 18.7 Å². The molecule has 0 radical (unpaired) electrons. The van der Waals surface area contributed by atoms with Crippen LogP contribution in [0.5, 0.6) is 0 Å². The van der Waals surface area contributed by atoms with Gasteiger partial charge in [0.1, 0.15) is 5.70 Å². The van der Waals surface area contributed by atoms with Gasteiger partial charge in [-0.25, -0.2) is 0 Å². The van der Waals surface area contributed by atoms with E-state index in [1.54, 1.807) is 6.08 Å². The largest absolute Gasteiger partial charge is 0.335 e. The fourth-order valence-electron chi connectivity index (χ4n) is 4.30. The summed E-state index contributed by atoms with van der Waals surface area (Å²) in [4.78, 5) is 29.3. The summed E-state index contributed by atoms with van der Waals surface area (Å²) in [5, 5.41) is 2.73. The zero-order valence-electron chi connectivity index (χ0n) is 18.9. The quantitative estimate of drug-likeness (QED) is 0.589. The minimum Gasteiger partial charge on any atom is -0.335 e. The minimum absolute atomic E-state index is 0.138. The van der Waals surface area contributed by atoms with Gasteiger partial charge in [-0.1, -0.05) is 91.0 Å². The van der Waals surface area contributed by atoms with Crippen molar-refractivity contribution in [1.29, 1.82) is 0 Å². The standard InChI is InChI=1S/C28H29N3O2/c1-22(32)29-26(21-23-11-5-2-6-12-23)28(33)31-19-17-30(18-20-31)27(24-13-7-3-8-14-24)25-15-9-4-10-16-25/h2-16,21,27H,17-20H2,1H3,(H,29,32)/b26-21-. The SMILES string of the molecule is CC(=O)N/C(=C\c1ccccc1)C(=O)N1CCN(C(c2ccccc2)c2ccccc2)CC1. The third-order valence-corrected chi connectivity index (χ3v) is 5.85. The van der Waals surface area contributed by atoms with Gasteiger partial charge in [0.25, 0.3) is 5.91 Å². The molecule has 0 unspecified atom stereocenters. The van der Waals surface area contributed by atoms with Crippen molar-refractivity contribution in [1.82, 2.24) is 15.1 Å². The first-order valence-corrected chi connectivity index (χ1v) is 11.3. The zero-order valence-corrected chi connectivity index (χ0v) is 18.9. The molecule has 0 bridgehead atoms. The van der Waals surface area contributed by atoms with E-state index in [0.29, 0.717) is 18.8 Å². The van der Waals surface area contributed by atoms with Gasteiger partial charge in [0.15, 0.2) is 0 Å². The molecule has 2 amide bonds. The van der Waals surface area contributed by atoms with Crippen molar-refractivity contribution in [2.45, 2.75) is 13.0 Å². The molecule has 0 aliphatic carbocycles. The second kappa shape index (κ2) is 10.7. The summed E-state index contributed by atoms with van der Waals surface area (Å²) in [6, 6.07) is 30.7. The van der Waals surface area contributed by atoms with Gasteiger partial charge >= 0.3 is 0 Å². The van der Waals surface area contributed by atoms with Crippen LogP contribution in [0, 0.1) is 0 Å². The second-order valence-electron chi connectivity index (χ2n) is 8.20. The predicted molar refractivity (Wildman–Crippen MR) is 131 cm³/mol. The van der Waals surface area contributed by atoms with Gasteiger partial charge in [0, 0.05) is 33.1 Å². The molecule has 1 heterocycles. The number of hydrogen-bond acceptors (Lipinski definition) is 3. The maximum atomic E-state index is 13.3. The van der Waals surface area contributed by atoms with E-state index < -0.39 is 0 Å². The van der Waals surface area contributed by atoms with E-state index in [1.807, 2.05) is 47.4 Å². The van der Waals surface area contributed by atoms with Crippen LogP contribution in [0.4, 0.5) is 0 Å². The van der Waals surface area contributed by atoms with Crippen molar-refractivity contribution in [2.24, 2.45) is 0 Å². The molecule has 0 saturated carbocycles. The van der Waals surface area contributed by atoms with Crippen LogP contribution in [0.15, 0.2) is 96.7 Å². The number of hydrogen-bond donors (Lipinski definition) is 1. The summed E-state index contributed by atoms with van der Waals surface area (Å²) in [6.45, 7) is 4.12. The normalized spacial score (nSPS) is 14.8. The molecule has 3 aromatic rings. The predicted octanol–water partition coefficient (Wildman–Crippen LogP) is 4.10. The first-order valence-electron chi connectivity index (χ1n) is 11.3. The Morgan fingerprint density at radius 3 is 1.73 bits per heavy atom. The number of benzene rings is 3. The lowest BCUT2D eigenvalue weighted by molar-refractivity contribution is -0.131. The van der Waals surface area contributed by atoms with Crippen LogP contribution in [0.2, 0.25) is 0 Å². The Labute approximate surface area is 195 Å². The summed E-state index contributed by atoms with van der Waals surface area (Å²) in [6.07, 6.45) is 1.74. The van der Waals surface area contributed by atoms with Gasteiger partial charge in [0.2, 0.25) is 5.91 Å². The number of amides is 2. The fraction of sp³-hybridized carbons (Fsp3) is 0.214. The molecule has 168 valence electrons. The van der Waals surface area contributed by atoms with E-state index in [2.05, 4.69) is 58.7 Å². The summed E-state index contributed by atoms with van der Waals surface area (Å²) in [7, 11) is 0. The van der Waals surface area contributed by atoms with Crippen molar-refractivity contribution in [3.05, 3.63) is 113 Å². The van der Waals surface area contributed by atoms with Crippen LogP contribution in [-0.2, 0) is 9.59 Å². The van der Waals surface area contributed by atoms with Gasteiger partial charge in [-0.2, -0.15) is 0 Å². The highest BCUT2D eigenvalue weighted by molar-refractivity contribution is 6.01. The lowest BCUT2D eigenvalue weighted by atomic mass is 9.96. The molecular formula is C28H29N3O2. The van der Waals surface area contributed by atoms with E-state index >= 15 is 0 Å². The van der Waals surface area contributed by atoms with Gasteiger partial charge < -0.3 is 10.2 Å². The van der Waals surface area contributed by atoms with Crippen molar-refractivity contribution < 1.29 is 9.59 Å². The Morgan fingerprint density at radius 2 is 1.24 bits per heavy atom. The number of piperazine rings is 1. The first-order chi connectivity index (χ1) is 16.1. The number of carbonyl (C=O) groups excluding carboxylic acids is 2. The molecule has 1 fully saturated rings. The maximum Gasteiger partial charge on any atom is 0.270 e.